The first-order valence-corrected chi connectivity index (χ1v) is 10.2. The molecule has 0 aliphatic heterocycles. The summed E-state index contributed by atoms with van der Waals surface area (Å²) >= 11 is 0. The van der Waals surface area contributed by atoms with E-state index in [2.05, 4.69) is 28.8 Å². The largest absolute Gasteiger partial charge is 0.434 e. The summed E-state index contributed by atoms with van der Waals surface area (Å²) in [7, 11) is 0. The highest BCUT2D eigenvalue weighted by molar-refractivity contribution is 5.83. The SMILES string of the molecule is Cc1nc(C(C)C)ncc1-c1ccc2nc(C)n(Cc3ccccc3OC(F)F)c2c1. The quantitative estimate of drug-likeness (QED) is 0.389. The lowest BCUT2D eigenvalue weighted by Crippen LogP contribution is -2.08. The predicted octanol–water partition coefficient (Wildman–Crippen LogP) is 5.88. The van der Waals surface area contributed by atoms with E-state index < -0.39 is 6.61 Å². The molecule has 5 nitrogen and oxygen atoms in total. The molecule has 4 rings (SSSR count). The summed E-state index contributed by atoms with van der Waals surface area (Å²) in [6.07, 6.45) is 1.86. The molecule has 0 saturated carbocycles. The smallest absolute Gasteiger partial charge is 0.387 e. The summed E-state index contributed by atoms with van der Waals surface area (Å²) in [4.78, 5) is 13.8. The van der Waals surface area contributed by atoms with Crippen molar-refractivity contribution in [1.82, 2.24) is 19.5 Å². The maximum atomic E-state index is 12.8. The molecule has 0 bridgehead atoms. The van der Waals surface area contributed by atoms with Crippen molar-refractivity contribution in [3.63, 3.8) is 0 Å². The van der Waals surface area contributed by atoms with E-state index >= 15 is 0 Å². The second-order valence-corrected chi connectivity index (χ2v) is 7.82. The monoisotopic (exact) mass is 422 g/mol. The Morgan fingerprint density at radius 3 is 2.52 bits per heavy atom. The number of halogens is 2. The van der Waals surface area contributed by atoms with Crippen molar-refractivity contribution in [2.24, 2.45) is 0 Å². The third kappa shape index (κ3) is 4.26. The fraction of sp³-hybridized carbons (Fsp3) is 0.292. The molecule has 0 unspecified atom stereocenters. The number of hydrogen-bond donors (Lipinski definition) is 0. The van der Waals surface area contributed by atoms with Gasteiger partial charge in [0.1, 0.15) is 17.4 Å². The summed E-state index contributed by atoms with van der Waals surface area (Å²) in [6.45, 7) is 5.52. The molecule has 0 spiro atoms. The lowest BCUT2D eigenvalue weighted by atomic mass is 10.0. The molecular weight excluding hydrogens is 398 g/mol. The zero-order chi connectivity index (χ0) is 22.1. The molecule has 4 aromatic rings. The first kappa shape index (κ1) is 20.9. The molecule has 0 aliphatic carbocycles. The standard InChI is InChI=1S/C24H24F2N4O/c1-14(2)23-27-12-19(15(3)28-23)17-9-10-20-21(11-17)30(16(4)29-20)13-18-7-5-6-8-22(18)31-24(25)26/h5-12,14,24H,13H2,1-4H3. The van der Waals surface area contributed by atoms with E-state index in [1.807, 2.05) is 48.9 Å². The minimum absolute atomic E-state index is 0.170. The van der Waals surface area contributed by atoms with Gasteiger partial charge in [0, 0.05) is 28.9 Å². The van der Waals surface area contributed by atoms with Crippen LogP contribution in [0.1, 0.15) is 42.7 Å². The third-order valence-electron chi connectivity index (χ3n) is 5.28. The first-order chi connectivity index (χ1) is 14.8. The van der Waals surface area contributed by atoms with Crippen molar-refractivity contribution in [1.29, 1.82) is 0 Å². The third-order valence-corrected chi connectivity index (χ3v) is 5.28. The molecule has 0 atom stereocenters. The molecular formula is C24H24F2N4O. The summed E-state index contributed by atoms with van der Waals surface area (Å²) in [5, 5.41) is 0. The number of aromatic nitrogens is 4. The topological polar surface area (TPSA) is 52.8 Å². The molecule has 160 valence electrons. The Balaban J connectivity index is 1.76. The van der Waals surface area contributed by atoms with Crippen molar-refractivity contribution < 1.29 is 13.5 Å². The van der Waals surface area contributed by atoms with Crippen molar-refractivity contribution >= 4 is 11.0 Å². The fourth-order valence-corrected chi connectivity index (χ4v) is 3.67. The van der Waals surface area contributed by atoms with E-state index in [0.29, 0.717) is 12.1 Å². The lowest BCUT2D eigenvalue weighted by Gasteiger charge is -2.13. The van der Waals surface area contributed by atoms with Crippen LogP contribution in [-0.2, 0) is 6.54 Å². The van der Waals surface area contributed by atoms with E-state index in [9.17, 15) is 8.78 Å². The number of aryl methyl sites for hydroxylation is 2. The summed E-state index contributed by atoms with van der Waals surface area (Å²) in [6, 6.07) is 12.9. The van der Waals surface area contributed by atoms with Gasteiger partial charge < -0.3 is 9.30 Å². The van der Waals surface area contributed by atoms with Crippen LogP contribution in [0.3, 0.4) is 0 Å². The van der Waals surface area contributed by atoms with Crippen LogP contribution in [0.15, 0.2) is 48.7 Å². The highest BCUT2D eigenvalue weighted by Gasteiger charge is 2.15. The number of alkyl halides is 2. The van der Waals surface area contributed by atoms with Gasteiger partial charge in [-0.15, -0.1) is 0 Å². The maximum Gasteiger partial charge on any atom is 0.387 e. The Kier molecular flexibility index (Phi) is 5.67. The number of rotatable bonds is 6. The number of benzene rings is 2. The molecule has 0 amide bonds. The van der Waals surface area contributed by atoms with Crippen LogP contribution in [0.5, 0.6) is 5.75 Å². The van der Waals surface area contributed by atoms with Crippen LogP contribution in [0.2, 0.25) is 0 Å². The molecule has 0 N–H and O–H groups in total. The van der Waals surface area contributed by atoms with Gasteiger partial charge in [-0.05, 0) is 37.6 Å². The van der Waals surface area contributed by atoms with Gasteiger partial charge in [-0.2, -0.15) is 8.78 Å². The van der Waals surface area contributed by atoms with Crippen molar-refractivity contribution in [3.8, 4) is 16.9 Å². The number of nitrogens with zero attached hydrogens (tertiary/aromatic N) is 4. The first-order valence-electron chi connectivity index (χ1n) is 10.2. The van der Waals surface area contributed by atoms with Gasteiger partial charge in [-0.25, -0.2) is 15.0 Å². The Morgan fingerprint density at radius 2 is 1.81 bits per heavy atom. The summed E-state index contributed by atoms with van der Waals surface area (Å²) in [5.74, 6) is 2.04. The van der Waals surface area contributed by atoms with E-state index in [1.165, 1.54) is 0 Å². The van der Waals surface area contributed by atoms with Crippen LogP contribution in [-0.4, -0.2) is 26.1 Å². The van der Waals surface area contributed by atoms with Gasteiger partial charge in [0.2, 0.25) is 0 Å². The Labute approximate surface area is 179 Å². The van der Waals surface area contributed by atoms with Gasteiger partial charge in [-0.3, -0.25) is 0 Å². The van der Waals surface area contributed by atoms with E-state index in [1.54, 1.807) is 18.2 Å². The molecule has 31 heavy (non-hydrogen) atoms. The van der Waals surface area contributed by atoms with Crippen molar-refractivity contribution in [2.45, 2.75) is 46.8 Å². The molecule has 0 fully saturated rings. The normalized spacial score (nSPS) is 11.6. The average Bonchev–Trinajstić information content (AvgIpc) is 3.03. The molecule has 2 heterocycles. The maximum absolute atomic E-state index is 12.8. The molecule has 0 radical (unpaired) electrons. The van der Waals surface area contributed by atoms with Gasteiger partial charge >= 0.3 is 6.61 Å². The number of imidazole rings is 1. The van der Waals surface area contributed by atoms with Crippen LogP contribution >= 0.6 is 0 Å². The zero-order valence-corrected chi connectivity index (χ0v) is 17.9. The van der Waals surface area contributed by atoms with Gasteiger partial charge in [0.05, 0.1) is 17.6 Å². The number of hydrogen-bond acceptors (Lipinski definition) is 4. The van der Waals surface area contributed by atoms with E-state index in [-0.39, 0.29) is 11.7 Å². The number of fused-ring (bicyclic) bond motifs is 1. The lowest BCUT2D eigenvalue weighted by molar-refractivity contribution is -0.0504. The summed E-state index contributed by atoms with van der Waals surface area (Å²) < 4.78 is 32.3. The average molecular weight is 422 g/mol. The second kappa shape index (κ2) is 8.41. The van der Waals surface area contributed by atoms with Crippen molar-refractivity contribution in [2.75, 3.05) is 0 Å². The summed E-state index contributed by atoms with van der Waals surface area (Å²) in [5.41, 5.74) is 5.27. The Morgan fingerprint density at radius 1 is 1.03 bits per heavy atom. The molecule has 2 aromatic carbocycles. The second-order valence-electron chi connectivity index (χ2n) is 7.82. The van der Waals surface area contributed by atoms with Crippen LogP contribution < -0.4 is 4.74 Å². The van der Waals surface area contributed by atoms with Gasteiger partial charge in [0.25, 0.3) is 0 Å². The van der Waals surface area contributed by atoms with Crippen molar-refractivity contribution in [3.05, 3.63) is 71.6 Å². The Bertz CT molecular complexity index is 1230. The van der Waals surface area contributed by atoms with Crippen LogP contribution in [0.4, 0.5) is 8.78 Å². The van der Waals surface area contributed by atoms with E-state index in [0.717, 1.165) is 39.5 Å². The number of para-hydroxylation sites is 1. The van der Waals surface area contributed by atoms with E-state index in [4.69, 9.17) is 4.74 Å². The van der Waals surface area contributed by atoms with Crippen LogP contribution in [0.25, 0.3) is 22.2 Å². The van der Waals surface area contributed by atoms with Crippen LogP contribution in [0, 0.1) is 13.8 Å². The number of ether oxygens (including phenoxy) is 1. The minimum Gasteiger partial charge on any atom is -0.434 e. The molecule has 0 saturated heterocycles. The van der Waals surface area contributed by atoms with Gasteiger partial charge in [0.15, 0.2) is 0 Å². The zero-order valence-electron chi connectivity index (χ0n) is 17.9. The molecule has 2 aromatic heterocycles. The molecule has 0 aliphatic rings. The molecule has 7 heteroatoms. The highest BCUT2D eigenvalue weighted by atomic mass is 19.3. The van der Waals surface area contributed by atoms with Gasteiger partial charge in [-0.1, -0.05) is 38.1 Å². The highest BCUT2D eigenvalue weighted by Crippen LogP contribution is 2.29. The fourth-order valence-electron chi connectivity index (χ4n) is 3.67. The predicted molar refractivity (Wildman–Crippen MR) is 116 cm³/mol. The Hall–Kier alpha value is -3.35. The minimum atomic E-state index is -2.87.